The van der Waals surface area contributed by atoms with Gasteiger partial charge in [0.15, 0.2) is 12.4 Å². The van der Waals surface area contributed by atoms with Crippen LogP contribution in [0.5, 0.6) is 5.75 Å². The van der Waals surface area contributed by atoms with E-state index in [1.54, 1.807) is 13.1 Å². The van der Waals surface area contributed by atoms with Crippen molar-refractivity contribution in [1.29, 1.82) is 0 Å². The van der Waals surface area contributed by atoms with Gasteiger partial charge in [0.1, 0.15) is 0 Å². The molecule has 7 heteroatoms. The van der Waals surface area contributed by atoms with Crippen molar-refractivity contribution in [2.45, 2.75) is 13.5 Å². The Balaban J connectivity index is 2.83. The summed E-state index contributed by atoms with van der Waals surface area (Å²) in [7, 11) is 1.64. The summed E-state index contributed by atoms with van der Waals surface area (Å²) >= 11 is 0. The number of hydrogen-bond acceptors (Lipinski definition) is 5. The zero-order valence-electron chi connectivity index (χ0n) is 11.0. The van der Waals surface area contributed by atoms with Gasteiger partial charge in [-0.15, -0.1) is 0 Å². The number of ether oxygens (including phenoxy) is 1. The molecule has 0 aliphatic heterocycles. The highest BCUT2D eigenvalue weighted by Gasteiger charge is 2.17. The van der Waals surface area contributed by atoms with Gasteiger partial charge in [0.05, 0.1) is 4.92 Å². The van der Waals surface area contributed by atoms with Crippen LogP contribution < -0.4 is 10.5 Å². The summed E-state index contributed by atoms with van der Waals surface area (Å²) in [6, 6.07) is 4.44. The Morgan fingerprint density at radius 1 is 1.53 bits per heavy atom. The number of likely N-dealkylation sites (N-methyl/N-ethyl adjacent to an activating group) is 1. The second kappa shape index (κ2) is 6.69. The summed E-state index contributed by atoms with van der Waals surface area (Å²) in [6.07, 6.45) is 0. The molecule has 0 radical (unpaired) electrons. The van der Waals surface area contributed by atoms with E-state index in [9.17, 15) is 14.9 Å². The number of amides is 1. The number of nitrogens with zero attached hydrogens (tertiary/aromatic N) is 2. The lowest BCUT2D eigenvalue weighted by atomic mass is 10.2. The number of benzene rings is 1. The number of nitro benzene ring substituents is 1. The van der Waals surface area contributed by atoms with Crippen molar-refractivity contribution in [3.05, 3.63) is 33.9 Å². The average molecular weight is 267 g/mol. The van der Waals surface area contributed by atoms with E-state index >= 15 is 0 Å². The lowest BCUT2D eigenvalue weighted by Gasteiger charge is -2.14. The summed E-state index contributed by atoms with van der Waals surface area (Å²) in [6.45, 7) is 2.36. The number of nitrogens with two attached hydrogens (primary N) is 1. The Kier molecular flexibility index (Phi) is 5.25. The normalized spacial score (nSPS) is 10.1. The van der Waals surface area contributed by atoms with Crippen LogP contribution in [-0.4, -0.2) is 35.9 Å². The van der Waals surface area contributed by atoms with E-state index in [2.05, 4.69) is 0 Å². The van der Waals surface area contributed by atoms with Gasteiger partial charge in [-0.1, -0.05) is 6.07 Å². The first-order valence-corrected chi connectivity index (χ1v) is 5.83. The third-order valence-electron chi connectivity index (χ3n) is 2.71. The molecule has 0 aliphatic rings. The molecule has 0 saturated carbocycles. The molecule has 1 aromatic carbocycles. The Morgan fingerprint density at radius 2 is 2.21 bits per heavy atom. The van der Waals surface area contributed by atoms with Crippen molar-refractivity contribution in [2.75, 3.05) is 20.2 Å². The summed E-state index contributed by atoms with van der Waals surface area (Å²) < 4.78 is 5.21. The number of carbonyl (C=O) groups is 1. The largest absolute Gasteiger partial charge is 0.477 e. The Bertz CT molecular complexity index is 476. The monoisotopic (exact) mass is 267 g/mol. The standard InChI is InChI=1S/C12H17N3O4/c1-3-14(2)12(16)8-19-11-5-4-9(7-13)6-10(11)15(17)18/h4-6H,3,7-8,13H2,1-2H3. The predicted molar refractivity (Wildman–Crippen MR) is 69.8 cm³/mol. The molecular weight excluding hydrogens is 250 g/mol. The van der Waals surface area contributed by atoms with Gasteiger partial charge in [-0.25, -0.2) is 0 Å². The molecule has 0 bridgehead atoms. The van der Waals surface area contributed by atoms with Gasteiger partial charge >= 0.3 is 5.69 Å². The fourth-order valence-corrected chi connectivity index (χ4v) is 1.38. The van der Waals surface area contributed by atoms with Gasteiger partial charge in [-0.3, -0.25) is 14.9 Å². The second-order valence-electron chi connectivity index (χ2n) is 3.96. The van der Waals surface area contributed by atoms with Crippen molar-refractivity contribution in [3.63, 3.8) is 0 Å². The Hall–Kier alpha value is -2.15. The molecule has 1 aromatic rings. The molecule has 1 amide bonds. The molecule has 0 atom stereocenters. The Morgan fingerprint density at radius 3 is 2.74 bits per heavy atom. The lowest BCUT2D eigenvalue weighted by Crippen LogP contribution is -2.31. The highest BCUT2D eigenvalue weighted by molar-refractivity contribution is 5.77. The second-order valence-corrected chi connectivity index (χ2v) is 3.96. The average Bonchev–Trinajstić information content (AvgIpc) is 2.43. The fourth-order valence-electron chi connectivity index (χ4n) is 1.38. The summed E-state index contributed by atoms with van der Waals surface area (Å²) in [5.41, 5.74) is 5.87. The number of carbonyl (C=O) groups excluding carboxylic acids is 1. The first kappa shape index (κ1) is 14.9. The quantitative estimate of drug-likeness (QED) is 0.610. The lowest BCUT2D eigenvalue weighted by molar-refractivity contribution is -0.385. The van der Waals surface area contributed by atoms with E-state index in [0.29, 0.717) is 12.1 Å². The van der Waals surface area contributed by atoms with Gasteiger partial charge in [0, 0.05) is 26.2 Å². The van der Waals surface area contributed by atoms with Crippen LogP contribution in [0.1, 0.15) is 12.5 Å². The minimum absolute atomic E-state index is 0.0695. The van der Waals surface area contributed by atoms with E-state index in [-0.39, 0.29) is 30.5 Å². The van der Waals surface area contributed by atoms with E-state index < -0.39 is 4.92 Å². The molecule has 0 spiro atoms. The maximum absolute atomic E-state index is 11.6. The van der Waals surface area contributed by atoms with Gasteiger partial charge in [0.25, 0.3) is 5.91 Å². The van der Waals surface area contributed by atoms with E-state index in [1.165, 1.54) is 17.0 Å². The van der Waals surface area contributed by atoms with Crippen LogP contribution in [0.3, 0.4) is 0 Å². The van der Waals surface area contributed by atoms with Crippen LogP contribution in [0.25, 0.3) is 0 Å². The van der Waals surface area contributed by atoms with Crippen LogP contribution in [-0.2, 0) is 11.3 Å². The molecule has 2 N–H and O–H groups in total. The molecule has 7 nitrogen and oxygen atoms in total. The van der Waals surface area contributed by atoms with Crippen LogP contribution >= 0.6 is 0 Å². The molecule has 104 valence electrons. The molecule has 0 aliphatic carbocycles. The fraction of sp³-hybridized carbons (Fsp3) is 0.417. The topological polar surface area (TPSA) is 98.7 Å². The number of rotatable bonds is 6. The minimum atomic E-state index is -0.553. The van der Waals surface area contributed by atoms with Crippen LogP contribution in [0.2, 0.25) is 0 Å². The van der Waals surface area contributed by atoms with Gasteiger partial charge < -0.3 is 15.4 Å². The zero-order chi connectivity index (χ0) is 14.4. The van der Waals surface area contributed by atoms with Crippen molar-refractivity contribution in [3.8, 4) is 5.75 Å². The van der Waals surface area contributed by atoms with Crippen molar-refractivity contribution in [1.82, 2.24) is 4.90 Å². The van der Waals surface area contributed by atoms with Crippen LogP contribution in [0, 0.1) is 10.1 Å². The molecule has 19 heavy (non-hydrogen) atoms. The highest BCUT2D eigenvalue weighted by atomic mass is 16.6. The summed E-state index contributed by atoms with van der Waals surface area (Å²) in [4.78, 5) is 23.4. The summed E-state index contributed by atoms with van der Waals surface area (Å²) in [5, 5.41) is 10.9. The van der Waals surface area contributed by atoms with E-state index in [0.717, 1.165) is 0 Å². The van der Waals surface area contributed by atoms with Crippen LogP contribution in [0.4, 0.5) is 5.69 Å². The number of nitro groups is 1. The molecule has 0 aromatic heterocycles. The molecule has 1 rings (SSSR count). The van der Waals surface area contributed by atoms with Gasteiger partial charge in [-0.2, -0.15) is 0 Å². The molecule has 0 heterocycles. The zero-order valence-corrected chi connectivity index (χ0v) is 11.0. The van der Waals surface area contributed by atoms with Crippen molar-refractivity contribution < 1.29 is 14.5 Å². The first-order chi connectivity index (χ1) is 8.99. The highest BCUT2D eigenvalue weighted by Crippen LogP contribution is 2.27. The van der Waals surface area contributed by atoms with Gasteiger partial charge in [-0.05, 0) is 18.6 Å². The maximum atomic E-state index is 11.6. The Labute approximate surface area is 111 Å². The SMILES string of the molecule is CCN(C)C(=O)COc1ccc(CN)cc1[N+](=O)[O-]. The first-order valence-electron chi connectivity index (χ1n) is 5.83. The van der Waals surface area contributed by atoms with Crippen molar-refractivity contribution >= 4 is 11.6 Å². The van der Waals surface area contributed by atoms with E-state index in [1.807, 2.05) is 6.92 Å². The molecular formula is C12H17N3O4. The van der Waals surface area contributed by atoms with Crippen LogP contribution in [0.15, 0.2) is 18.2 Å². The third kappa shape index (κ3) is 3.92. The third-order valence-corrected chi connectivity index (χ3v) is 2.71. The van der Waals surface area contributed by atoms with E-state index in [4.69, 9.17) is 10.5 Å². The summed E-state index contributed by atoms with van der Waals surface area (Å²) in [5.74, 6) is -0.167. The smallest absolute Gasteiger partial charge is 0.311 e. The predicted octanol–water partition coefficient (Wildman–Crippen LogP) is 0.911. The van der Waals surface area contributed by atoms with Crippen molar-refractivity contribution in [2.24, 2.45) is 5.73 Å². The molecule has 0 unspecified atom stereocenters. The molecule has 0 fully saturated rings. The maximum Gasteiger partial charge on any atom is 0.311 e. The molecule has 0 saturated heterocycles. The van der Waals surface area contributed by atoms with Gasteiger partial charge in [0.2, 0.25) is 0 Å². The minimum Gasteiger partial charge on any atom is -0.477 e. The number of hydrogen-bond donors (Lipinski definition) is 1.